The molecule has 2 aromatic rings. The molecule has 2 aromatic carbocycles. The van der Waals surface area contributed by atoms with Crippen LogP contribution in [0.3, 0.4) is 0 Å². The van der Waals surface area contributed by atoms with Gasteiger partial charge in [0.1, 0.15) is 6.61 Å². The minimum absolute atomic E-state index is 0. The molecule has 0 spiro atoms. The minimum Gasteiger partial charge on any atom is -0.478 e. The molecule has 1 heterocycles. The van der Waals surface area contributed by atoms with E-state index in [4.69, 9.17) is 9.73 Å². The van der Waals surface area contributed by atoms with E-state index in [1.54, 1.807) is 0 Å². The van der Waals surface area contributed by atoms with Crippen molar-refractivity contribution in [2.75, 3.05) is 6.61 Å². The Morgan fingerprint density at radius 1 is 0.781 bits per heavy atom. The first kappa shape index (κ1) is 25.5. The number of hydrogen-bond donors (Lipinski definition) is 0. The zero-order valence-electron chi connectivity index (χ0n) is 18.4. The second kappa shape index (κ2) is 12.9. The smallest absolute Gasteiger partial charge is 0.192 e. The molecule has 3 aliphatic rings. The Balaban J connectivity index is 0.000000427. The molecule has 0 saturated heterocycles. The standard InChI is InChI=1S/C23H23NOP.C5H5.Fe/c1-17(2)21-16-25-23(24-21)20-14-9-15-22(20)26(18-10-5-3-6-11-18)19-12-7-4-8-13-19;1-2-4-5-3-1;/h3-15,17,21H,16H2,1-2H3;1-5H;/t21-;;/m1../s1. The van der Waals surface area contributed by atoms with Gasteiger partial charge in [0.05, 0.1) is 12.0 Å². The van der Waals surface area contributed by atoms with Gasteiger partial charge in [-0.1, -0.05) is 74.5 Å². The van der Waals surface area contributed by atoms with Crippen LogP contribution in [-0.2, 0) is 21.8 Å². The third-order valence-electron chi connectivity index (χ3n) is 5.29. The Hall–Kier alpha value is -1.14. The molecule has 2 nitrogen and oxygen atoms in total. The van der Waals surface area contributed by atoms with E-state index in [0.717, 1.165) is 11.8 Å². The van der Waals surface area contributed by atoms with Crippen molar-refractivity contribution in [3.05, 3.63) is 124 Å². The van der Waals surface area contributed by atoms with Crippen molar-refractivity contribution in [1.29, 1.82) is 0 Å². The Morgan fingerprint density at radius 2 is 1.31 bits per heavy atom. The molecule has 2 fully saturated rings. The molecule has 0 aromatic heterocycles. The second-order valence-corrected chi connectivity index (χ2v) is 10.0. The largest absolute Gasteiger partial charge is 0.478 e. The van der Waals surface area contributed by atoms with Gasteiger partial charge in [0, 0.05) is 22.7 Å². The predicted molar refractivity (Wildman–Crippen MR) is 132 cm³/mol. The van der Waals surface area contributed by atoms with E-state index in [1.165, 1.54) is 16.3 Å². The van der Waals surface area contributed by atoms with Crippen molar-refractivity contribution in [3.8, 4) is 0 Å². The molecule has 0 unspecified atom stereocenters. The van der Waals surface area contributed by atoms with Crippen LogP contribution in [0.4, 0.5) is 0 Å². The molecular formula is C28H28FeNOP. The molecule has 1 atom stereocenters. The van der Waals surface area contributed by atoms with E-state index < -0.39 is 7.92 Å². The molecule has 32 heavy (non-hydrogen) atoms. The summed E-state index contributed by atoms with van der Waals surface area (Å²) in [4.78, 5) is 4.87. The first-order chi connectivity index (χ1) is 15.2. The van der Waals surface area contributed by atoms with Crippen molar-refractivity contribution < 1.29 is 21.8 Å². The normalized spacial score (nSPS) is 21.1. The van der Waals surface area contributed by atoms with Crippen molar-refractivity contribution in [2.24, 2.45) is 10.9 Å². The Bertz CT molecular complexity index is 775. The zero-order valence-corrected chi connectivity index (χ0v) is 20.4. The molecule has 2 aliphatic carbocycles. The van der Waals surface area contributed by atoms with Gasteiger partial charge in [-0.3, -0.25) is 0 Å². The zero-order chi connectivity index (χ0) is 21.5. The maximum atomic E-state index is 5.99. The van der Waals surface area contributed by atoms with Crippen molar-refractivity contribution >= 4 is 24.4 Å². The van der Waals surface area contributed by atoms with Gasteiger partial charge in [-0.15, -0.1) is 0 Å². The summed E-state index contributed by atoms with van der Waals surface area (Å²) in [6, 6.07) is 21.8. The van der Waals surface area contributed by atoms with Gasteiger partial charge in [0.15, 0.2) is 5.90 Å². The quantitative estimate of drug-likeness (QED) is 0.418. The summed E-state index contributed by atoms with van der Waals surface area (Å²) in [5.74, 6) is 2.45. The Kier molecular flexibility index (Phi) is 10.3. The van der Waals surface area contributed by atoms with Crippen molar-refractivity contribution in [2.45, 2.75) is 19.9 Å². The number of nitrogens with zero attached hydrogens (tertiary/aromatic N) is 1. The van der Waals surface area contributed by atoms with Crippen LogP contribution in [-0.4, -0.2) is 18.5 Å². The third kappa shape index (κ3) is 6.47. The monoisotopic (exact) mass is 481 g/mol. The van der Waals surface area contributed by atoms with Crippen LogP contribution in [0, 0.1) is 68.9 Å². The van der Waals surface area contributed by atoms with Gasteiger partial charge in [0.2, 0.25) is 0 Å². The Labute approximate surface area is 206 Å². The van der Waals surface area contributed by atoms with E-state index in [0.29, 0.717) is 12.5 Å². The summed E-state index contributed by atoms with van der Waals surface area (Å²) < 4.78 is 5.99. The fourth-order valence-corrected chi connectivity index (χ4v) is 6.01. The molecule has 5 rings (SSSR count). The fourth-order valence-electron chi connectivity index (χ4n) is 3.57. The molecule has 2 saturated carbocycles. The summed E-state index contributed by atoms with van der Waals surface area (Å²) in [6.45, 7) is 5.09. The van der Waals surface area contributed by atoms with E-state index >= 15 is 0 Å². The van der Waals surface area contributed by atoms with Crippen molar-refractivity contribution in [3.63, 3.8) is 0 Å². The summed E-state index contributed by atoms with van der Waals surface area (Å²) >= 11 is 0. The van der Waals surface area contributed by atoms with Crippen molar-refractivity contribution in [1.82, 2.24) is 0 Å². The first-order valence-corrected chi connectivity index (χ1v) is 12.1. The van der Waals surface area contributed by atoms with E-state index in [1.807, 2.05) is 32.1 Å². The van der Waals surface area contributed by atoms with Crippen LogP contribution in [0.5, 0.6) is 0 Å². The maximum Gasteiger partial charge on any atom is 0.192 e. The SMILES string of the molecule is CC(C)[C@H]1COC([C]2[CH][CH][CH][C]2P(c2ccccc2)c2ccccc2)=N1.[CH]1[CH][CH][CH][CH]1.[Fe]. The summed E-state index contributed by atoms with van der Waals surface area (Å²) in [5.41, 5.74) is 1.32. The van der Waals surface area contributed by atoms with Crippen LogP contribution in [0.25, 0.3) is 0 Å². The number of ether oxygens (including phenoxy) is 1. The third-order valence-corrected chi connectivity index (χ3v) is 7.79. The number of benzene rings is 2. The molecule has 0 amide bonds. The predicted octanol–water partition coefficient (Wildman–Crippen LogP) is 5.32. The van der Waals surface area contributed by atoms with E-state index in [-0.39, 0.29) is 23.1 Å². The molecule has 1 aliphatic heterocycles. The molecule has 164 valence electrons. The molecular weight excluding hydrogens is 453 g/mol. The number of hydrogen-bond acceptors (Lipinski definition) is 2. The van der Waals surface area contributed by atoms with Crippen LogP contribution < -0.4 is 10.6 Å². The topological polar surface area (TPSA) is 21.6 Å². The number of rotatable bonds is 5. The van der Waals surface area contributed by atoms with Gasteiger partial charge >= 0.3 is 0 Å². The van der Waals surface area contributed by atoms with E-state index in [9.17, 15) is 0 Å². The van der Waals surface area contributed by atoms with E-state index in [2.05, 4.69) is 93.8 Å². The average Bonchev–Trinajstić information content (AvgIpc) is 3.58. The summed E-state index contributed by atoms with van der Waals surface area (Å²) in [7, 11) is -0.636. The van der Waals surface area contributed by atoms with Gasteiger partial charge in [-0.05, 0) is 75.8 Å². The molecule has 0 N–H and O–H groups in total. The molecule has 4 heteroatoms. The van der Waals surface area contributed by atoms with Gasteiger partial charge in [0.25, 0.3) is 0 Å². The average molecular weight is 481 g/mol. The van der Waals surface area contributed by atoms with Crippen LogP contribution in [0.15, 0.2) is 65.7 Å². The van der Waals surface area contributed by atoms with Gasteiger partial charge in [-0.25, -0.2) is 4.99 Å². The van der Waals surface area contributed by atoms with Crippen LogP contribution >= 0.6 is 7.92 Å². The van der Waals surface area contributed by atoms with Crippen LogP contribution in [0.2, 0.25) is 0 Å². The Morgan fingerprint density at radius 3 is 1.78 bits per heavy atom. The van der Waals surface area contributed by atoms with Gasteiger partial charge in [-0.2, -0.15) is 0 Å². The molecule has 10 radical (unpaired) electrons. The summed E-state index contributed by atoms with van der Waals surface area (Å²) in [5, 5.41) is 2.69. The van der Waals surface area contributed by atoms with Crippen LogP contribution in [0.1, 0.15) is 13.8 Å². The fraction of sp³-hybridized carbons (Fsp3) is 0.179. The number of aliphatic imine (C=N–C) groups is 1. The maximum absolute atomic E-state index is 5.99. The second-order valence-electron chi connectivity index (χ2n) is 7.85. The minimum atomic E-state index is -0.636. The molecule has 0 bridgehead atoms. The summed E-state index contributed by atoms with van der Waals surface area (Å²) in [6.07, 6.45) is 16.5. The first-order valence-electron chi connectivity index (χ1n) is 10.8. The van der Waals surface area contributed by atoms with Gasteiger partial charge < -0.3 is 4.74 Å².